The van der Waals surface area contributed by atoms with Crippen molar-refractivity contribution < 1.29 is 9.59 Å². The topological polar surface area (TPSA) is 58.2 Å². The van der Waals surface area contributed by atoms with Gasteiger partial charge in [-0.25, -0.2) is 0 Å². The fourth-order valence-electron chi connectivity index (χ4n) is 3.64. The Labute approximate surface area is 158 Å². The second-order valence-corrected chi connectivity index (χ2v) is 7.22. The van der Waals surface area contributed by atoms with Gasteiger partial charge in [-0.05, 0) is 30.0 Å². The minimum Gasteiger partial charge on any atom is -0.347 e. The van der Waals surface area contributed by atoms with Crippen molar-refractivity contribution in [2.24, 2.45) is 0 Å². The van der Waals surface area contributed by atoms with Gasteiger partial charge >= 0.3 is 11.8 Å². The molecule has 2 amide bonds. The Hall–Kier alpha value is -2.33. The van der Waals surface area contributed by atoms with Crippen molar-refractivity contribution in [1.82, 2.24) is 10.6 Å². The highest BCUT2D eigenvalue weighted by molar-refractivity contribution is 6.35. The second kappa shape index (κ2) is 8.37. The molecular weight excluding hydrogens is 348 g/mol. The summed E-state index contributed by atoms with van der Waals surface area (Å²) in [5.41, 5.74) is 1.95. The van der Waals surface area contributed by atoms with Crippen LogP contribution in [0.15, 0.2) is 54.6 Å². The maximum atomic E-state index is 12.2. The number of hydrogen-bond donors (Lipinski definition) is 2. The molecule has 1 saturated carbocycles. The molecule has 4 nitrogen and oxygen atoms in total. The van der Waals surface area contributed by atoms with Crippen LogP contribution in [0.4, 0.5) is 0 Å². The molecule has 5 heteroatoms. The van der Waals surface area contributed by atoms with Crippen LogP contribution in [0.1, 0.15) is 36.8 Å². The summed E-state index contributed by atoms with van der Waals surface area (Å²) < 4.78 is 0. The van der Waals surface area contributed by atoms with Gasteiger partial charge in [0.05, 0.1) is 0 Å². The monoisotopic (exact) mass is 370 g/mol. The van der Waals surface area contributed by atoms with Gasteiger partial charge in [0.2, 0.25) is 0 Å². The highest BCUT2D eigenvalue weighted by Crippen LogP contribution is 2.40. The highest BCUT2D eigenvalue weighted by atomic mass is 35.5. The summed E-state index contributed by atoms with van der Waals surface area (Å²) in [6, 6.07) is 17.5. The molecule has 2 aromatic rings. The molecule has 0 bridgehead atoms. The van der Waals surface area contributed by atoms with Crippen LogP contribution in [0.3, 0.4) is 0 Å². The summed E-state index contributed by atoms with van der Waals surface area (Å²) in [6.45, 7) is 0.713. The van der Waals surface area contributed by atoms with Gasteiger partial charge in [-0.2, -0.15) is 0 Å². The zero-order chi connectivity index (χ0) is 18.4. The van der Waals surface area contributed by atoms with E-state index in [2.05, 4.69) is 22.8 Å². The Bertz CT molecular complexity index is 771. The van der Waals surface area contributed by atoms with Crippen LogP contribution in [-0.2, 0) is 21.5 Å². The van der Waals surface area contributed by atoms with E-state index in [-0.39, 0.29) is 12.0 Å². The van der Waals surface area contributed by atoms with E-state index in [9.17, 15) is 9.59 Å². The zero-order valence-corrected chi connectivity index (χ0v) is 15.4. The van der Waals surface area contributed by atoms with Crippen LogP contribution in [0, 0.1) is 0 Å². The standard InChI is InChI=1S/C21H23ClN2O2/c22-18-11-5-4-8-16(18)14-23-19(25)20(26)24-15-21(12-6-7-13-21)17-9-2-1-3-10-17/h1-5,8-11H,6-7,12-15H2,(H,23,25)(H,24,26). The average molecular weight is 371 g/mol. The van der Waals surface area contributed by atoms with Gasteiger partial charge in [0.25, 0.3) is 0 Å². The molecule has 0 aromatic heterocycles. The number of nitrogens with one attached hydrogen (secondary N) is 2. The van der Waals surface area contributed by atoms with Gasteiger partial charge in [-0.1, -0.05) is 73.0 Å². The molecule has 0 aliphatic heterocycles. The molecule has 2 aromatic carbocycles. The molecule has 0 radical (unpaired) electrons. The normalized spacial score (nSPS) is 15.4. The average Bonchev–Trinajstić information content (AvgIpc) is 3.16. The summed E-state index contributed by atoms with van der Waals surface area (Å²) in [6.07, 6.45) is 4.34. The Morgan fingerprint density at radius 1 is 0.885 bits per heavy atom. The van der Waals surface area contributed by atoms with Gasteiger partial charge in [-0.3, -0.25) is 9.59 Å². The SMILES string of the molecule is O=C(NCc1ccccc1Cl)C(=O)NCC1(c2ccccc2)CCCC1. The predicted octanol–water partition coefficient (Wildman–Crippen LogP) is 3.58. The first kappa shape index (κ1) is 18.5. The third-order valence-electron chi connectivity index (χ3n) is 5.14. The lowest BCUT2D eigenvalue weighted by Gasteiger charge is -2.29. The molecule has 1 aliphatic rings. The third kappa shape index (κ3) is 4.25. The van der Waals surface area contributed by atoms with E-state index in [1.807, 2.05) is 36.4 Å². The minimum absolute atomic E-state index is 0.0695. The van der Waals surface area contributed by atoms with Crippen molar-refractivity contribution in [3.05, 3.63) is 70.7 Å². The third-order valence-corrected chi connectivity index (χ3v) is 5.51. The molecule has 2 N–H and O–H groups in total. The predicted molar refractivity (Wildman–Crippen MR) is 103 cm³/mol. The molecule has 0 unspecified atom stereocenters. The Kier molecular flexibility index (Phi) is 5.94. The van der Waals surface area contributed by atoms with E-state index in [1.54, 1.807) is 6.07 Å². The molecule has 1 aliphatic carbocycles. The summed E-state index contributed by atoms with van der Waals surface area (Å²) in [4.78, 5) is 24.3. The van der Waals surface area contributed by atoms with Crippen LogP contribution in [-0.4, -0.2) is 18.4 Å². The zero-order valence-electron chi connectivity index (χ0n) is 14.6. The number of amides is 2. The minimum atomic E-state index is -0.633. The molecule has 1 fully saturated rings. The van der Waals surface area contributed by atoms with Gasteiger partial charge < -0.3 is 10.6 Å². The molecule has 0 heterocycles. The number of hydrogen-bond acceptors (Lipinski definition) is 2. The molecule has 0 saturated heterocycles. The lowest BCUT2D eigenvalue weighted by atomic mass is 9.79. The van der Waals surface area contributed by atoms with Crippen molar-refractivity contribution in [2.45, 2.75) is 37.6 Å². The van der Waals surface area contributed by atoms with Crippen LogP contribution < -0.4 is 10.6 Å². The molecule has 0 spiro atoms. The Morgan fingerprint density at radius 2 is 1.50 bits per heavy atom. The van der Waals surface area contributed by atoms with Crippen LogP contribution >= 0.6 is 11.6 Å². The maximum absolute atomic E-state index is 12.2. The van der Waals surface area contributed by atoms with Crippen molar-refractivity contribution in [1.29, 1.82) is 0 Å². The lowest BCUT2D eigenvalue weighted by Crippen LogP contribution is -2.45. The summed E-state index contributed by atoms with van der Waals surface area (Å²) in [5.74, 6) is -1.23. The van der Waals surface area contributed by atoms with E-state index in [4.69, 9.17) is 11.6 Å². The number of carbonyl (C=O) groups is 2. The molecule has 3 rings (SSSR count). The van der Waals surface area contributed by atoms with Gasteiger partial charge in [0, 0.05) is 23.5 Å². The van der Waals surface area contributed by atoms with E-state index in [1.165, 1.54) is 5.56 Å². The van der Waals surface area contributed by atoms with Gasteiger partial charge in [0.15, 0.2) is 0 Å². The molecule has 0 atom stereocenters. The second-order valence-electron chi connectivity index (χ2n) is 6.81. The summed E-state index contributed by atoms with van der Waals surface area (Å²) in [7, 11) is 0. The number of benzene rings is 2. The molecular formula is C21H23ClN2O2. The first-order valence-electron chi connectivity index (χ1n) is 8.96. The first-order chi connectivity index (χ1) is 12.6. The van der Waals surface area contributed by atoms with Gasteiger partial charge in [-0.15, -0.1) is 0 Å². The van der Waals surface area contributed by atoms with Crippen molar-refractivity contribution >= 4 is 23.4 Å². The Balaban J connectivity index is 1.57. The largest absolute Gasteiger partial charge is 0.347 e. The molecule has 136 valence electrons. The highest BCUT2D eigenvalue weighted by Gasteiger charge is 2.36. The van der Waals surface area contributed by atoms with E-state index in [0.717, 1.165) is 31.2 Å². The van der Waals surface area contributed by atoms with Crippen LogP contribution in [0.2, 0.25) is 5.02 Å². The van der Waals surface area contributed by atoms with Gasteiger partial charge in [0.1, 0.15) is 0 Å². The number of halogens is 1. The van der Waals surface area contributed by atoms with Crippen molar-refractivity contribution in [2.75, 3.05) is 6.54 Å². The van der Waals surface area contributed by atoms with Crippen LogP contribution in [0.25, 0.3) is 0 Å². The number of carbonyl (C=O) groups excluding carboxylic acids is 2. The van der Waals surface area contributed by atoms with Crippen molar-refractivity contribution in [3.63, 3.8) is 0 Å². The van der Waals surface area contributed by atoms with E-state index >= 15 is 0 Å². The lowest BCUT2D eigenvalue weighted by molar-refractivity contribution is -0.139. The van der Waals surface area contributed by atoms with E-state index in [0.29, 0.717) is 11.6 Å². The summed E-state index contributed by atoms with van der Waals surface area (Å²) in [5, 5.41) is 6.03. The van der Waals surface area contributed by atoms with E-state index < -0.39 is 11.8 Å². The fourth-order valence-corrected chi connectivity index (χ4v) is 3.84. The smallest absolute Gasteiger partial charge is 0.309 e. The van der Waals surface area contributed by atoms with Crippen LogP contribution in [0.5, 0.6) is 0 Å². The number of rotatable bonds is 5. The Morgan fingerprint density at radius 3 is 2.19 bits per heavy atom. The summed E-state index contributed by atoms with van der Waals surface area (Å²) >= 11 is 6.07. The maximum Gasteiger partial charge on any atom is 0.309 e. The fraction of sp³-hybridized carbons (Fsp3) is 0.333. The van der Waals surface area contributed by atoms with Crippen molar-refractivity contribution in [3.8, 4) is 0 Å². The molecule has 26 heavy (non-hydrogen) atoms. The quantitative estimate of drug-likeness (QED) is 0.790. The first-order valence-corrected chi connectivity index (χ1v) is 9.33.